The van der Waals surface area contributed by atoms with Crippen molar-refractivity contribution in [1.82, 2.24) is 0 Å². The second kappa shape index (κ2) is 4.04. The molecule has 0 N–H and O–H groups in total. The van der Waals surface area contributed by atoms with Gasteiger partial charge in [0.2, 0.25) is 0 Å². The van der Waals surface area contributed by atoms with Gasteiger partial charge in [0.25, 0.3) is 0 Å². The van der Waals surface area contributed by atoms with Crippen LogP contribution in [0.25, 0.3) is 0 Å². The molecule has 0 amide bonds. The van der Waals surface area contributed by atoms with E-state index in [-0.39, 0.29) is 5.79 Å². The summed E-state index contributed by atoms with van der Waals surface area (Å²) in [5, 5.41) is 0. The number of hydrogen-bond donors (Lipinski definition) is 0. The fraction of sp³-hybridized carbons (Fsp3) is 1.00. The SMILES string of the molecule is CCC1(CCOC)OCCO1. The van der Waals surface area contributed by atoms with Gasteiger partial charge in [-0.05, 0) is 6.42 Å². The van der Waals surface area contributed by atoms with Crippen LogP contribution in [-0.4, -0.2) is 32.7 Å². The zero-order valence-corrected chi connectivity index (χ0v) is 7.26. The predicted octanol–water partition coefficient (Wildman–Crippen LogP) is 1.18. The third-order valence-corrected chi connectivity index (χ3v) is 2.04. The molecule has 0 unspecified atom stereocenters. The van der Waals surface area contributed by atoms with Gasteiger partial charge in [-0.1, -0.05) is 6.92 Å². The molecule has 11 heavy (non-hydrogen) atoms. The molecule has 1 fully saturated rings. The summed E-state index contributed by atoms with van der Waals surface area (Å²) in [4.78, 5) is 0. The lowest BCUT2D eigenvalue weighted by Crippen LogP contribution is -2.30. The largest absolute Gasteiger partial charge is 0.384 e. The minimum Gasteiger partial charge on any atom is -0.384 e. The first-order valence-corrected chi connectivity index (χ1v) is 4.10. The molecule has 0 aromatic rings. The maximum atomic E-state index is 5.49. The molecule has 0 radical (unpaired) electrons. The molecule has 0 saturated carbocycles. The highest BCUT2D eigenvalue weighted by Gasteiger charge is 2.33. The van der Waals surface area contributed by atoms with E-state index in [1.54, 1.807) is 7.11 Å². The highest BCUT2D eigenvalue weighted by molar-refractivity contribution is 4.71. The lowest BCUT2D eigenvalue weighted by atomic mass is 10.1. The normalized spacial score (nSPS) is 22.4. The van der Waals surface area contributed by atoms with Crippen molar-refractivity contribution in [3.05, 3.63) is 0 Å². The summed E-state index contributed by atoms with van der Waals surface area (Å²) >= 11 is 0. The van der Waals surface area contributed by atoms with Gasteiger partial charge in [-0.2, -0.15) is 0 Å². The van der Waals surface area contributed by atoms with Crippen LogP contribution in [0.3, 0.4) is 0 Å². The van der Waals surface area contributed by atoms with Crippen molar-refractivity contribution in [1.29, 1.82) is 0 Å². The molecule has 0 bridgehead atoms. The molecule has 66 valence electrons. The van der Waals surface area contributed by atoms with Gasteiger partial charge in [-0.25, -0.2) is 0 Å². The molecule has 1 aliphatic heterocycles. The highest BCUT2D eigenvalue weighted by atomic mass is 16.7. The summed E-state index contributed by atoms with van der Waals surface area (Å²) in [6, 6.07) is 0. The van der Waals surface area contributed by atoms with E-state index in [0.29, 0.717) is 6.61 Å². The highest BCUT2D eigenvalue weighted by Crippen LogP contribution is 2.26. The predicted molar refractivity (Wildman–Crippen MR) is 41.4 cm³/mol. The van der Waals surface area contributed by atoms with Crippen LogP contribution in [-0.2, 0) is 14.2 Å². The van der Waals surface area contributed by atoms with Crippen LogP contribution >= 0.6 is 0 Å². The monoisotopic (exact) mass is 160 g/mol. The Kier molecular flexibility index (Phi) is 3.30. The average Bonchev–Trinajstić information content (AvgIpc) is 2.50. The third-order valence-electron chi connectivity index (χ3n) is 2.04. The van der Waals surface area contributed by atoms with E-state index in [1.807, 2.05) is 0 Å². The Labute approximate surface area is 67.6 Å². The Morgan fingerprint density at radius 3 is 2.45 bits per heavy atom. The standard InChI is InChI=1S/C8H16O3/c1-3-8(4-5-9-2)10-6-7-11-8/h3-7H2,1-2H3. The van der Waals surface area contributed by atoms with Gasteiger partial charge in [0.15, 0.2) is 5.79 Å². The summed E-state index contributed by atoms with van der Waals surface area (Å²) in [6.07, 6.45) is 1.73. The van der Waals surface area contributed by atoms with E-state index >= 15 is 0 Å². The molecular formula is C8H16O3. The quantitative estimate of drug-likeness (QED) is 0.618. The first-order chi connectivity index (χ1) is 5.33. The minimum atomic E-state index is -0.337. The van der Waals surface area contributed by atoms with Crippen LogP contribution in [0.15, 0.2) is 0 Å². The third kappa shape index (κ3) is 2.15. The number of hydrogen-bond acceptors (Lipinski definition) is 3. The van der Waals surface area contributed by atoms with Gasteiger partial charge in [-0.3, -0.25) is 0 Å². The maximum Gasteiger partial charge on any atom is 0.170 e. The molecule has 1 saturated heterocycles. The van der Waals surface area contributed by atoms with Gasteiger partial charge in [0.1, 0.15) is 0 Å². The van der Waals surface area contributed by atoms with E-state index < -0.39 is 0 Å². The first-order valence-electron chi connectivity index (χ1n) is 4.10. The summed E-state index contributed by atoms with van der Waals surface area (Å²) in [5.41, 5.74) is 0. The molecule has 3 heteroatoms. The summed E-state index contributed by atoms with van der Waals surface area (Å²) in [7, 11) is 1.69. The van der Waals surface area contributed by atoms with Crippen molar-refractivity contribution in [2.75, 3.05) is 26.9 Å². The van der Waals surface area contributed by atoms with Crippen LogP contribution in [0, 0.1) is 0 Å². The molecule has 0 aromatic heterocycles. The van der Waals surface area contributed by atoms with E-state index in [1.165, 1.54) is 0 Å². The molecule has 0 aliphatic carbocycles. The van der Waals surface area contributed by atoms with E-state index in [0.717, 1.165) is 26.1 Å². The van der Waals surface area contributed by atoms with Crippen molar-refractivity contribution in [3.8, 4) is 0 Å². The lowest BCUT2D eigenvalue weighted by Gasteiger charge is -2.25. The van der Waals surface area contributed by atoms with Crippen LogP contribution in [0.2, 0.25) is 0 Å². The van der Waals surface area contributed by atoms with Crippen molar-refractivity contribution in [2.24, 2.45) is 0 Å². The topological polar surface area (TPSA) is 27.7 Å². The molecule has 1 rings (SSSR count). The van der Waals surface area contributed by atoms with Crippen LogP contribution in [0.5, 0.6) is 0 Å². The van der Waals surface area contributed by atoms with Gasteiger partial charge in [-0.15, -0.1) is 0 Å². The number of methoxy groups -OCH3 is 1. The van der Waals surface area contributed by atoms with Gasteiger partial charge in [0, 0.05) is 13.5 Å². The second-order valence-corrected chi connectivity index (χ2v) is 2.70. The van der Waals surface area contributed by atoms with Crippen molar-refractivity contribution < 1.29 is 14.2 Å². The lowest BCUT2D eigenvalue weighted by molar-refractivity contribution is -0.170. The minimum absolute atomic E-state index is 0.337. The van der Waals surface area contributed by atoms with Gasteiger partial charge >= 0.3 is 0 Å². The fourth-order valence-corrected chi connectivity index (χ4v) is 1.28. The average molecular weight is 160 g/mol. The number of ether oxygens (including phenoxy) is 3. The molecule has 1 heterocycles. The van der Waals surface area contributed by atoms with Gasteiger partial charge in [0.05, 0.1) is 19.8 Å². The molecule has 0 atom stereocenters. The zero-order valence-electron chi connectivity index (χ0n) is 7.26. The van der Waals surface area contributed by atoms with Crippen LogP contribution in [0.4, 0.5) is 0 Å². The van der Waals surface area contributed by atoms with Crippen molar-refractivity contribution in [3.63, 3.8) is 0 Å². The summed E-state index contributed by atoms with van der Waals surface area (Å²) < 4.78 is 15.9. The Bertz CT molecular complexity index is 108. The zero-order chi connectivity index (χ0) is 8.16. The molecule has 1 aliphatic rings. The fourth-order valence-electron chi connectivity index (χ4n) is 1.28. The number of rotatable bonds is 4. The first kappa shape index (κ1) is 8.97. The van der Waals surface area contributed by atoms with Crippen LogP contribution < -0.4 is 0 Å². The molecule has 3 nitrogen and oxygen atoms in total. The van der Waals surface area contributed by atoms with E-state index in [9.17, 15) is 0 Å². The smallest absolute Gasteiger partial charge is 0.170 e. The molecule has 0 spiro atoms. The van der Waals surface area contributed by atoms with Crippen molar-refractivity contribution >= 4 is 0 Å². The Morgan fingerprint density at radius 2 is 2.00 bits per heavy atom. The van der Waals surface area contributed by atoms with Crippen LogP contribution in [0.1, 0.15) is 19.8 Å². The van der Waals surface area contributed by atoms with Crippen molar-refractivity contribution in [2.45, 2.75) is 25.6 Å². The Balaban J connectivity index is 2.33. The van der Waals surface area contributed by atoms with E-state index in [2.05, 4.69) is 6.92 Å². The van der Waals surface area contributed by atoms with Gasteiger partial charge < -0.3 is 14.2 Å². The van der Waals surface area contributed by atoms with E-state index in [4.69, 9.17) is 14.2 Å². The molecule has 0 aromatic carbocycles. The molecular weight excluding hydrogens is 144 g/mol. The Morgan fingerprint density at radius 1 is 1.36 bits per heavy atom. The summed E-state index contributed by atoms with van der Waals surface area (Å²) in [5.74, 6) is -0.337. The Hall–Kier alpha value is -0.120. The second-order valence-electron chi connectivity index (χ2n) is 2.70. The maximum absolute atomic E-state index is 5.49. The summed E-state index contributed by atoms with van der Waals surface area (Å²) in [6.45, 7) is 4.21.